The Kier molecular flexibility index (Phi) is 4.05. The fourth-order valence-electron chi connectivity index (χ4n) is 1.97. The maximum Gasteiger partial charge on any atom is 0.141 e. The molecule has 100 valence electrons. The van der Waals surface area contributed by atoms with Crippen LogP contribution in [-0.4, -0.2) is 5.84 Å². The van der Waals surface area contributed by atoms with Gasteiger partial charge in [-0.3, -0.25) is 0 Å². The second-order valence-corrected chi connectivity index (χ2v) is 6.83. The molecule has 2 nitrogen and oxygen atoms in total. The van der Waals surface area contributed by atoms with Gasteiger partial charge < -0.3 is 5.73 Å². The number of aliphatic imine (C=N–C) groups is 1. The monoisotopic (exact) mass is 272 g/mol. The third-order valence-corrected chi connectivity index (χ3v) is 3.56. The van der Waals surface area contributed by atoms with Gasteiger partial charge in [0.15, 0.2) is 0 Å². The molecule has 0 bridgehead atoms. The summed E-state index contributed by atoms with van der Waals surface area (Å²) in [5.41, 5.74) is 8.51. The van der Waals surface area contributed by atoms with Gasteiger partial charge in [0.05, 0.1) is 10.6 Å². The summed E-state index contributed by atoms with van der Waals surface area (Å²) >= 11 is 1.61. The van der Waals surface area contributed by atoms with Gasteiger partial charge in [-0.2, -0.15) is 0 Å². The summed E-state index contributed by atoms with van der Waals surface area (Å²) in [6.07, 6.45) is 1.04. The lowest BCUT2D eigenvalue weighted by Gasteiger charge is -2.18. The summed E-state index contributed by atoms with van der Waals surface area (Å²) in [5, 5.41) is 2.01. The third-order valence-electron chi connectivity index (χ3n) is 2.67. The van der Waals surface area contributed by atoms with Crippen molar-refractivity contribution >= 4 is 22.9 Å². The van der Waals surface area contributed by atoms with Crippen molar-refractivity contribution in [2.24, 2.45) is 16.1 Å². The molecule has 0 atom stereocenters. The van der Waals surface area contributed by atoms with Gasteiger partial charge in [-0.05, 0) is 41.0 Å². The van der Waals surface area contributed by atoms with E-state index < -0.39 is 0 Å². The summed E-state index contributed by atoms with van der Waals surface area (Å²) in [5.74, 6) is 0.586. The lowest BCUT2D eigenvalue weighted by atomic mass is 9.88. The number of nitrogens with two attached hydrogens (primary N) is 1. The molecule has 0 aliphatic heterocycles. The molecule has 0 amide bonds. The van der Waals surface area contributed by atoms with Crippen molar-refractivity contribution in [3.8, 4) is 0 Å². The van der Waals surface area contributed by atoms with E-state index >= 15 is 0 Å². The van der Waals surface area contributed by atoms with Crippen LogP contribution in [0.2, 0.25) is 0 Å². The molecule has 0 aliphatic carbocycles. The molecule has 1 aromatic heterocycles. The Bertz CT molecular complexity index is 563. The van der Waals surface area contributed by atoms with E-state index in [-0.39, 0.29) is 5.41 Å². The molecule has 3 heteroatoms. The molecule has 19 heavy (non-hydrogen) atoms. The number of amidine groups is 1. The van der Waals surface area contributed by atoms with Crippen molar-refractivity contribution in [2.75, 3.05) is 0 Å². The molecule has 2 N–H and O–H groups in total. The number of hydrogen-bond acceptors (Lipinski definition) is 2. The zero-order valence-corrected chi connectivity index (χ0v) is 12.5. The topological polar surface area (TPSA) is 38.4 Å². The Hall–Kier alpha value is -1.61. The van der Waals surface area contributed by atoms with Crippen molar-refractivity contribution in [1.29, 1.82) is 0 Å². The Morgan fingerprint density at radius 1 is 1.21 bits per heavy atom. The number of hydrogen-bond donors (Lipinski definition) is 1. The average Bonchev–Trinajstić information content (AvgIpc) is 2.80. The fraction of sp³-hybridized carbons (Fsp3) is 0.312. The SMILES string of the molecule is CC(C)(C)Cc1cccc(N=C(N)c2cccs2)c1. The molecule has 0 fully saturated rings. The molecule has 2 rings (SSSR count). The number of benzene rings is 1. The minimum atomic E-state index is 0.279. The summed E-state index contributed by atoms with van der Waals surface area (Å²) in [6.45, 7) is 6.72. The maximum absolute atomic E-state index is 6.01. The predicted octanol–water partition coefficient (Wildman–Crippen LogP) is 4.37. The summed E-state index contributed by atoms with van der Waals surface area (Å²) in [6, 6.07) is 12.3. The normalized spacial score (nSPS) is 12.7. The van der Waals surface area contributed by atoms with Gasteiger partial charge in [-0.25, -0.2) is 4.99 Å². The van der Waals surface area contributed by atoms with Crippen molar-refractivity contribution < 1.29 is 0 Å². The van der Waals surface area contributed by atoms with Crippen LogP contribution >= 0.6 is 11.3 Å². The molecule has 2 aromatic rings. The van der Waals surface area contributed by atoms with E-state index in [0.29, 0.717) is 5.84 Å². The standard InChI is InChI=1S/C16H20N2S/c1-16(2,3)11-12-6-4-7-13(10-12)18-15(17)14-8-5-9-19-14/h4-10H,11H2,1-3H3,(H2,17,18). The smallest absolute Gasteiger partial charge is 0.141 e. The van der Waals surface area contributed by atoms with Crippen LogP contribution in [0.4, 0.5) is 5.69 Å². The van der Waals surface area contributed by atoms with Crippen LogP contribution in [0.3, 0.4) is 0 Å². The van der Waals surface area contributed by atoms with Gasteiger partial charge >= 0.3 is 0 Å². The highest BCUT2D eigenvalue weighted by Crippen LogP contribution is 2.23. The van der Waals surface area contributed by atoms with Crippen LogP contribution in [0.25, 0.3) is 0 Å². The Labute approximate surface area is 119 Å². The highest BCUT2D eigenvalue weighted by molar-refractivity contribution is 7.12. The lowest BCUT2D eigenvalue weighted by Crippen LogP contribution is -2.11. The lowest BCUT2D eigenvalue weighted by molar-refractivity contribution is 0.411. The molecule has 0 unspecified atom stereocenters. The molecule has 0 saturated carbocycles. The fourth-order valence-corrected chi connectivity index (χ4v) is 2.59. The first-order chi connectivity index (χ1) is 8.94. The van der Waals surface area contributed by atoms with Crippen LogP contribution < -0.4 is 5.73 Å². The van der Waals surface area contributed by atoms with Crippen molar-refractivity contribution in [1.82, 2.24) is 0 Å². The molecule has 0 radical (unpaired) electrons. The summed E-state index contributed by atoms with van der Waals surface area (Å²) in [4.78, 5) is 5.51. The van der Waals surface area contributed by atoms with E-state index in [9.17, 15) is 0 Å². The zero-order chi connectivity index (χ0) is 13.9. The van der Waals surface area contributed by atoms with Crippen LogP contribution in [0.15, 0.2) is 46.8 Å². The van der Waals surface area contributed by atoms with Crippen molar-refractivity contribution in [3.63, 3.8) is 0 Å². The molecule has 0 aliphatic rings. The Balaban J connectivity index is 2.22. The van der Waals surface area contributed by atoms with E-state index in [1.807, 2.05) is 29.6 Å². The molecular formula is C16H20N2S. The quantitative estimate of drug-likeness (QED) is 0.654. The second-order valence-electron chi connectivity index (χ2n) is 5.88. The Morgan fingerprint density at radius 3 is 2.63 bits per heavy atom. The molecule has 1 heterocycles. The first-order valence-electron chi connectivity index (χ1n) is 6.41. The highest BCUT2D eigenvalue weighted by atomic mass is 32.1. The predicted molar refractivity (Wildman–Crippen MR) is 84.3 cm³/mol. The van der Waals surface area contributed by atoms with E-state index in [1.165, 1.54) is 5.56 Å². The molecule has 0 saturated heterocycles. The van der Waals surface area contributed by atoms with E-state index in [1.54, 1.807) is 11.3 Å². The van der Waals surface area contributed by atoms with Crippen LogP contribution in [-0.2, 0) is 6.42 Å². The van der Waals surface area contributed by atoms with E-state index in [0.717, 1.165) is 17.0 Å². The van der Waals surface area contributed by atoms with Crippen molar-refractivity contribution in [3.05, 3.63) is 52.2 Å². The highest BCUT2D eigenvalue weighted by Gasteiger charge is 2.11. The van der Waals surface area contributed by atoms with Gasteiger partial charge in [0.2, 0.25) is 0 Å². The molecule has 0 spiro atoms. The van der Waals surface area contributed by atoms with E-state index in [2.05, 4.69) is 37.9 Å². The maximum atomic E-state index is 6.01. The van der Waals surface area contributed by atoms with Gasteiger partial charge in [0.1, 0.15) is 5.84 Å². The largest absolute Gasteiger partial charge is 0.383 e. The van der Waals surface area contributed by atoms with Gasteiger partial charge in [0.25, 0.3) is 0 Å². The van der Waals surface area contributed by atoms with Gasteiger partial charge in [-0.15, -0.1) is 11.3 Å². The van der Waals surface area contributed by atoms with Crippen LogP contribution in [0.1, 0.15) is 31.2 Å². The van der Waals surface area contributed by atoms with Crippen LogP contribution in [0.5, 0.6) is 0 Å². The van der Waals surface area contributed by atoms with Crippen LogP contribution in [0, 0.1) is 5.41 Å². The molecule has 1 aromatic carbocycles. The average molecular weight is 272 g/mol. The first kappa shape index (κ1) is 13.8. The third kappa shape index (κ3) is 4.21. The number of thiophene rings is 1. The second kappa shape index (κ2) is 5.57. The first-order valence-corrected chi connectivity index (χ1v) is 7.29. The van der Waals surface area contributed by atoms with E-state index in [4.69, 9.17) is 5.73 Å². The Morgan fingerprint density at radius 2 is 2.00 bits per heavy atom. The van der Waals surface area contributed by atoms with Gasteiger partial charge in [0, 0.05) is 0 Å². The minimum Gasteiger partial charge on any atom is -0.383 e. The summed E-state index contributed by atoms with van der Waals surface area (Å²) in [7, 11) is 0. The number of rotatable bonds is 3. The van der Waals surface area contributed by atoms with Crippen molar-refractivity contribution in [2.45, 2.75) is 27.2 Å². The zero-order valence-electron chi connectivity index (χ0n) is 11.7. The van der Waals surface area contributed by atoms with Gasteiger partial charge in [-0.1, -0.05) is 39.0 Å². The summed E-state index contributed by atoms with van der Waals surface area (Å²) < 4.78 is 0. The number of nitrogens with zero attached hydrogens (tertiary/aromatic N) is 1. The molecular weight excluding hydrogens is 252 g/mol. The minimum absolute atomic E-state index is 0.279.